The van der Waals surface area contributed by atoms with E-state index in [1.807, 2.05) is 0 Å². The van der Waals surface area contributed by atoms with Crippen molar-refractivity contribution < 1.29 is 13.2 Å². The van der Waals surface area contributed by atoms with Crippen LogP contribution < -0.4 is 15.8 Å². The molecule has 110 valence electrons. The molecule has 1 fully saturated rings. The van der Waals surface area contributed by atoms with Crippen LogP contribution in [0.15, 0.2) is 4.34 Å². The van der Waals surface area contributed by atoms with Gasteiger partial charge < -0.3 is 11.1 Å². The van der Waals surface area contributed by atoms with E-state index in [1.165, 1.54) is 6.92 Å². The predicted molar refractivity (Wildman–Crippen MR) is 77.8 cm³/mol. The van der Waals surface area contributed by atoms with E-state index in [9.17, 15) is 13.2 Å². The van der Waals surface area contributed by atoms with E-state index < -0.39 is 16.1 Å². The van der Waals surface area contributed by atoms with Gasteiger partial charge in [0.1, 0.15) is 0 Å². The second-order valence-electron chi connectivity index (χ2n) is 4.39. The summed E-state index contributed by atoms with van der Waals surface area (Å²) in [7, 11) is -3.85. The Bertz CT molecular complexity index is 637. The summed E-state index contributed by atoms with van der Waals surface area (Å²) in [4.78, 5) is 11.0. The summed E-state index contributed by atoms with van der Waals surface area (Å²) in [5, 5.41) is 9.63. The van der Waals surface area contributed by atoms with E-state index in [4.69, 9.17) is 18.0 Å². The fourth-order valence-electron chi connectivity index (χ4n) is 1.55. The second kappa shape index (κ2) is 5.68. The number of nitrogens with two attached hydrogens (primary N) is 1. The Morgan fingerprint density at radius 1 is 1.50 bits per heavy atom. The van der Waals surface area contributed by atoms with Crippen LogP contribution in [0.4, 0.5) is 5.13 Å². The van der Waals surface area contributed by atoms with Gasteiger partial charge in [-0.05, 0) is 18.8 Å². The van der Waals surface area contributed by atoms with Crippen LogP contribution in [0.1, 0.15) is 19.8 Å². The summed E-state index contributed by atoms with van der Waals surface area (Å²) in [6.07, 6.45) is 1.77. The molecule has 1 amide bonds. The number of anilines is 1. The molecule has 0 aliphatic heterocycles. The van der Waals surface area contributed by atoms with Gasteiger partial charge in [0.2, 0.25) is 15.4 Å². The molecule has 1 atom stereocenters. The van der Waals surface area contributed by atoms with Crippen molar-refractivity contribution in [1.29, 1.82) is 0 Å². The number of rotatable bonds is 6. The molecule has 4 N–H and O–H groups in total. The Labute approximate surface area is 125 Å². The maximum absolute atomic E-state index is 12.1. The molecular formula is C9H13N5O3S3. The third-order valence-electron chi connectivity index (χ3n) is 2.60. The number of nitrogens with one attached hydrogen (secondary N) is 2. The number of thiocarbonyl (C=S) groups is 1. The first kappa shape index (κ1) is 15.2. The highest BCUT2D eigenvalue weighted by Crippen LogP contribution is 2.33. The van der Waals surface area contributed by atoms with Crippen molar-refractivity contribution in [2.75, 3.05) is 5.32 Å². The first-order valence-corrected chi connectivity index (χ1v) is 8.43. The van der Waals surface area contributed by atoms with Gasteiger partial charge in [-0.25, -0.2) is 8.42 Å². The molecule has 1 aromatic heterocycles. The van der Waals surface area contributed by atoms with Gasteiger partial charge in [0.05, 0.1) is 11.0 Å². The zero-order valence-corrected chi connectivity index (χ0v) is 12.9. The fraction of sp³-hybridized carbons (Fsp3) is 0.556. The summed E-state index contributed by atoms with van der Waals surface area (Å²) < 4.78 is 26.5. The third kappa shape index (κ3) is 3.69. The maximum Gasteiger partial charge on any atom is 0.270 e. The van der Waals surface area contributed by atoms with Crippen LogP contribution in [0.5, 0.6) is 0 Å². The summed E-state index contributed by atoms with van der Waals surface area (Å²) in [5.41, 5.74) is 5.55. The van der Waals surface area contributed by atoms with Crippen LogP contribution in [-0.4, -0.2) is 35.6 Å². The normalized spacial score (nSPS) is 16.6. The first-order valence-electron chi connectivity index (χ1n) is 5.72. The zero-order valence-electron chi connectivity index (χ0n) is 10.5. The topological polar surface area (TPSA) is 127 Å². The van der Waals surface area contributed by atoms with Crippen molar-refractivity contribution in [3.05, 3.63) is 0 Å². The molecule has 2 rings (SSSR count). The molecule has 1 unspecified atom stereocenters. The highest BCUT2D eigenvalue weighted by molar-refractivity contribution is 7.91. The molecule has 1 aliphatic carbocycles. The number of amides is 1. The average molecular weight is 335 g/mol. The number of carbonyl (C=O) groups is 1. The molecular weight excluding hydrogens is 322 g/mol. The molecule has 0 radical (unpaired) electrons. The van der Waals surface area contributed by atoms with Gasteiger partial charge in [0, 0.05) is 6.92 Å². The summed E-state index contributed by atoms with van der Waals surface area (Å²) in [5.74, 6) is -0.206. The Balaban J connectivity index is 2.15. The highest BCUT2D eigenvalue weighted by atomic mass is 32.2. The largest absolute Gasteiger partial charge is 0.392 e. The van der Waals surface area contributed by atoms with Crippen LogP contribution >= 0.6 is 23.6 Å². The Hall–Kier alpha value is -1.17. The molecule has 11 heteroatoms. The quantitative estimate of drug-likeness (QED) is 0.487. The molecule has 1 aromatic rings. The van der Waals surface area contributed by atoms with Crippen molar-refractivity contribution in [2.45, 2.75) is 30.1 Å². The predicted octanol–water partition coefficient (Wildman–Crippen LogP) is -0.161. The SMILES string of the molecule is CC(=O)Nc1nnc(S(=O)(=O)NC(C(N)=S)C2CC2)s1. The molecule has 0 aromatic carbocycles. The summed E-state index contributed by atoms with van der Waals surface area (Å²) >= 11 is 5.64. The molecule has 20 heavy (non-hydrogen) atoms. The van der Waals surface area contributed by atoms with Crippen molar-refractivity contribution in [1.82, 2.24) is 14.9 Å². The average Bonchev–Trinajstić information content (AvgIpc) is 3.05. The van der Waals surface area contributed by atoms with Crippen LogP contribution in [0.25, 0.3) is 0 Å². The Kier molecular flexibility index (Phi) is 4.32. The number of sulfonamides is 1. The number of hydrogen-bond acceptors (Lipinski definition) is 7. The lowest BCUT2D eigenvalue weighted by Crippen LogP contribution is -2.44. The van der Waals surface area contributed by atoms with E-state index in [0.29, 0.717) is 0 Å². The van der Waals surface area contributed by atoms with E-state index in [0.717, 1.165) is 24.2 Å². The van der Waals surface area contributed by atoms with Crippen molar-refractivity contribution in [3.8, 4) is 0 Å². The lowest BCUT2D eigenvalue weighted by molar-refractivity contribution is -0.114. The number of aromatic nitrogens is 2. The van der Waals surface area contributed by atoms with Crippen molar-refractivity contribution >= 4 is 49.6 Å². The Morgan fingerprint density at radius 2 is 2.15 bits per heavy atom. The minimum absolute atomic E-state index is 0.114. The molecule has 1 heterocycles. The molecule has 1 aliphatic rings. The molecule has 0 saturated heterocycles. The van der Waals surface area contributed by atoms with Crippen LogP contribution in [0.3, 0.4) is 0 Å². The lowest BCUT2D eigenvalue weighted by Gasteiger charge is -2.15. The van der Waals surface area contributed by atoms with Gasteiger partial charge in [-0.2, -0.15) is 4.72 Å². The smallest absolute Gasteiger partial charge is 0.270 e. The number of hydrogen-bond donors (Lipinski definition) is 3. The monoisotopic (exact) mass is 335 g/mol. The van der Waals surface area contributed by atoms with Crippen molar-refractivity contribution in [2.24, 2.45) is 11.7 Å². The van der Waals surface area contributed by atoms with Crippen LogP contribution in [-0.2, 0) is 14.8 Å². The molecule has 0 spiro atoms. The minimum atomic E-state index is -3.85. The minimum Gasteiger partial charge on any atom is -0.392 e. The lowest BCUT2D eigenvalue weighted by atomic mass is 10.2. The van der Waals surface area contributed by atoms with Gasteiger partial charge in [0.15, 0.2) is 0 Å². The van der Waals surface area contributed by atoms with E-state index in [1.54, 1.807) is 0 Å². The van der Waals surface area contributed by atoms with Gasteiger partial charge >= 0.3 is 0 Å². The van der Waals surface area contributed by atoms with Gasteiger partial charge in [-0.1, -0.05) is 23.6 Å². The second-order valence-corrected chi connectivity index (χ2v) is 7.73. The van der Waals surface area contributed by atoms with Crippen molar-refractivity contribution in [3.63, 3.8) is 0 Å². The summed E-state index contributed by atoms with van der Waals surface area (Å²) in [6, 6.07) is -0.567. The van der Waals surface area contributed by atoms with E-state index in [-0.39, 0.29) is 26.3 Å². The van der Waals surface area contributed by atoms with Crippen LogP contribution in [0.2, 0.25) is 0 Å². The molecule has 0 bridgehead atoms. The van der Waals surface area contributed by atoms with Gasteiger partial charge in [0.25, 0.3) is 10.0 Å². The third-order valence-corrected chi connectivity index (χ3v) is 5.50. The molecule has 8 nitrogen and oxygen atoms in total. The zero-order chi connectivity index (χ0) is 14.9. The van der Waals surface area contributed by atoms with Gasteiger partial charge in [-0.15, -0.1) is 10.2 Å². The number of carbonyl (C=O) groups excluding carboxylic acids is 1. The highest BCUT2D eigenvalue weighted by Gasteiger charge is 2.37. The Morgan fingerprint density at radius 3 is 2.65 bits per heavy atom. The fourth-order valence-corrected chi connectivity index (χ4v) is 4.13. The van der Waals surface area contributed by atoms with E-state index >= 15 is 0 Å². The standard InChI is InChI=1S/C9H13N5O3S3/c1-4(15)11-8-12-13-9(19-8)20(16,17)14-6(7(10)18)5-2-3-5/h5-6,14H,2-3H2,1H3,(H2,10,18)(H,11,12,15). The summed E-state index contributed by atoms with van der Waals surface area (Å²) in [6.45, 7) is 1.30. The van der Waals surface area contributed by atoms with Gasteiger partial charge in [-0.3, -0.25) is 4.79 Å². The maximum atomic E-state index is 12.1. The van der Waals surface area contributed by atoms with Crippen LogP contribution in [0, 0.1) is 5.92 Å². The van der Waals surface area contributed by atoms with E-state index in [2.05, 4.69) is 20.2 Å². The molecule has 1 saturated carbocycles. The number of nitrogens with zero attached hydrogens (tertiary/aromatic N) is 2. The first-order chi connectivity index (χ1) is 9.29.